The van der Waals surface area contributed by atoms with Crippen LogP contribution in [0.3, 0.4) is 0 Å². The Balaban J connectivity index is 2.13. The molecule has 0 saturated heterocycles. The van der Waals surface area contributed by atoms with E-state index in [1.165, 1.54) is 25.8 Å². The van der Waals surface area contributed by atoms with Gasteiger partial charge in [-0.25, -0.2) is 0 Å². The highest BCUT2D eigenvalue weighted by molar-refractivity contribution is 4.86. The van der Waals surface area contributed by atoms with E-state index in [1.54, 1.807) is 0 Å². The molecule has 0 aromatic rings. The van der Waals surface area contributed by atoms with Gasteiger partial charge in [0.2, 0.25) is 0 Å². The number of hydrogen-bond acceptors (Lipinski definition) is 2. The van der Waals surface area contributed by atoms with Crippen molar-refractivity contribution in [2.45, 2.75) is 32.2 Å². The summed E-state index contributed by atoms with van der Waals surface area (Å²) in [6.07, 6.45) is 4.21. The summed E-state index contributed by atoms with van der Waals surface area (Å²) < 4.78 is 0. The number of nitrogens with zero attached hydrogens (tertiary/aromatic N) is 1. The van der Waals surface area contributed by atoms with Crippen LogP contribution < -0.4 is 5.32 Å². The molecule has 1 saturated carbocycles. The van der Waals surface area contributed by atoms with Crippen molar-refractivity contribution in [2.75, 3.05) is 27.2 Å². The van der Waals surface area contributed by atoms with Gasteiger partial charge < -0.3 is 10.2 Å². The van der Waals surface area contributed by atoms with Crippen LogP contribution in [-0.2, 0) is 0 Å². The van der Waals surface area contributed by atoms with Gasteiger partial charge in [0, 0.05) is 6.04 Å². The molecule has 0 radical (unpaired) electrons. The minimum absolute atomic E-state index is 0.789. The Hall–Kier alpha value is -0.0800. The van der Waals surface area contributed by atoms with E-state index >= 15 is 0 Å². The van der Waals surface area contributed by atoms with Gasteiger partial charge in [0.1, 0.15) is 0 Å². The molecule has 0 aromatic carbocycles. The first-order chi connectivity index (χ1) is 5.74. The van der Waals surface area contributed by atoms with Gasteiger partial charge in [-0.15, -0.1) is 0 Å². The molecule has 1 N–H and O–H groups in total. The van der Waals surface area contributed by atoms with E-state index in [4.69, 9.17) is 0 Å². The Kier molecular flexibility index (Phi) is 4.02. The lowest BCUT2D eigenvalue weighted by Gasteiger charge is -2.19. The van der Waals surface area contributed by atoms with Crippen molar-refractivity contribution in [3.8, 4) is 0 Å². The highest BCUT2D eigenvalue weighted by Gasteiger charge is 2.29. The first-order valence-electron chi connectivity index (χ1n) is 5.12. The van der Waals surface area contributed by atoms with Gasteiger partial charge in [0.05, 0.1) is 0 Å². The van der Waals surface area contributed by atoms with Crippen LogP contribution in [0.4, 0.5) is 0 Å². The Labute approximate surface area is 76.3 Å². The second kappa shape index (κ2) is 4.83. The molecule has 0 amide bonds. The van der Waals surface area contributed by atoms with E-state index in [1.807, 2.05) is 0 Å². The second-order valence-corrected chi connectivity index (χ2v) is 4.09. The lowest BCUT2D eigenvalue weighted by Crippen LogP contribution is -2.33. The zero-order valence-electron chi connectivity index (χ0n) is 8.64. The first-order valence-corrected chi connectivity index (χ1v) is 5.12. The SMILES string of the molecule is CCNC(CCN(C)C)C1CC1. The predicted molar refractivity (Wildman–Crippen MR) is 53.4 cm³/mol. The minimum atomic E-state index is 0.789. The quantitative estimate of drug-likeness (QED) is 0.647. The van der Waals surface area contributed by atoms with E-state index in [0.717, 1.165) is 18.5 Å². The molecule has 0 aromatic heterocycles. The van der Waals surface area contributed by atoms with Crippen LogP contribution in [0.25, 0.3) is 0 Å². The lowest BCUT2D eigenvalue weighted by molar-refractivity contribution is 0.344. The molecule has 2 nitrogen and oxygen atoms in total. The predicted octanol–water partition coefficient (Wildman–Crippen LogP) is 1.33. The standard InChI is InChI=1S/C10H22N2/c1-4-11-10(9-5-6-9)7-8-12(2)3/h9-11H,4-8H2,1-3H3. The number of rotatable bonds is 6. The zero-order valence-corrected chi connectivity index (χ0v) is 8.64. The third kappa shape index (κ3) is 3.55. The lowest BCUT2D eigenvalue weighted by atomic mass is 10.1. The monoisotopic (exact) mass is 170 g/mol. The molecule has 1 rings (SSSR count). The molecule has 72 valence electrons. The number of nitrogens with one attached hydrogen (secondary N) is 1. The van der Waals surface area contributed by atoms with E-state index in [2.05, 4.69) is 31.2 Å². The molecular formula is C10H22N2. The Morgan fingerprint density at radius 2 is 2.08 bits per heavy atom. The molecule has 1 aliphatic carbocycles. The highest BCUT2D eigenvalue weighted by Crippen LogP contribution is 2.33. The fourth-order valence-electron chi connectivity index (χ4n) is 1.66. The maximum Gasteiger partial charge on any atom is 0.0107 e. The van der Waals surface area contributed by atoms with Crippen LogP contribution in [0.2, 0.25) is 0 Å². The van der Waals surface area contributed by atoms with Crippen LogP contribution in [0.1, 0.15) is 26.2 Å². The smallest absolute Gasteiger partial charge is 0.0107 e. The van der Waals surface area contributed by atoms with Gasteiger partial charge in [-0.05, 0) is 52.4 Å². The number of hydrogen-bond donors (Lipinski definition) is 1. The molecule has 1 fully saturated rings. The van der Waals surface area contributed by atoms with Crippen molar-refractivity contribution >= 4 is 0 Å². The summed E-state index contributed by atoms with van der Waals surface area (Å²) in [6, 6.07) is 0.789. The van der Waals surface area contributed by atoms with Crippen LogP contribution >= 0.6 is 0 Å². The van der Waals surface area contributed by atoms with Gasteiger partial charge in [-0.3, -0.25) is 0 Å². The summed E-state index contributed by atoms with van der Waals surface area (Å²) in [5.74, 6) is 0.991. The van der Waals surface area contributed by atoms with Gasteiger partial charge in [-0.1, -0.05) is 6.92 Å². The molecular weight excluding hydrogens is 148 g/mol. The van der Waals surface area contributed by atoms with E-state index in [0.29, 0.717) is 0 Å². The van der Waals surface area contributed by atoms with Crippen LogP contribution in [0.5, 0.6) is 0 Å². The van der Waals surface area contributed by atoms with Crippen molar-refractivity contribution < 1.29 is 0 Å². The van der Waals surface area contributed by atoms with E-state index < -0.39 is 0 Å². The third-order valence-electron chi connectivity index (χ3n) is 2.54. The summed E-state index contributed by atoms with van der Waals surface area (Å²) in [4.78, 5) is 2.27. The van der Waals surface area contributed by atoms with Crippen molar-refractivity contribution in [3.05, 3.63) is 0 Å². The summed E-state index contributed by atoms with van der Waals surface area (Å²) in [7, 11) is 4.30. The summed E-state index contributed by atoms with van der Waals surface area (Å²) in [6.45, 7) is 4.54. The van der Waals surface area contributed by atoms with E-state index in [-0.39, 0.29) is 0 Å². The Bertz CT molecular complexity index is 119. The topological polar surface area (TPSA) is 15.3 Å². The van der Waals surface area contributed by atoms with Crippen molar-refractivity contribution in [3.63, 3.8) is 0 Å². The van der Waals surface area contributed by atoms with Crippen molar-refractivity contribution in [2.24, 2.45) is 5.92 Å². The highest BCUT2D eigenvalue weighted by atomic mass is 15.1. The average molecular weight is 170 g/mol. The van der Waals surface area contributed by atoms with E-state index in [9.17, 15) is 0 Å². The summed E-state index contributed by atoms with van der Waals surface area (Å²) in [5, 5.41) is 3.57. The maximum absolute atomic E-state index is 3.57. The first kappa shape index (κ1) is 10.0. The van der Waals surface area contributed by atoms with Crippen LogP contribution in [0.15, 0.2) is 0 Å². The minimum Gasteiger partial charge on any atom is -0.314 e. The summed E-state index contributed by atoms with van der Waals surface area (Å²) in [5.41, 5.74) is 0. The fraction of sp³-hybridized carbons (Fsp3) is 1.00. The van der Waals surface area contributed by atoms with Gasteiger partial charge >= 0.3 is 0 Å². The van der Waals surface area contributed by atoms with Gasteiger partial charge in [-0.2, -0.15) is 0 Å². The molecule has 1 atom stereocenters. The fourth-order valence-corrected chi connectivity index (χ4v) is 1.66. The third-order valence-corrected chi connectivity index (χ3v) is 2.54. The largest absolute Gasteiger partial charge is 0.314 e. The normalized spacial score (nSPS) is 20.0. The Morgan fingerprint density at radius 3 is 2.50 bits per heavy atom. The molecule has 0 bridgehead atoms. The molecule has 0 aliphatic heterocycles. The average Bonchev–Trinajstić information content (AvgIpc) is 2.79. The zero-order chi connectivity index (χ0) is 8.97. The molecule has 2 heteroatoms. The molecule has 1 aliphatic rings. The van der Waals surface area contributed by atoms with Crippen molar-refractivity contribution in [1.82, 2.24) is 10.2 Å². The van der Waals surface area contributed by atoms with Crippen molar-refractivity contribution in [1.29, 1.82) is 0 Å². The summed E-state index contributed by atoms with van der Waals surface area (Å²) >= 11 is 0. The molecule has 1 unspecified atom stereocenters. The van der Waals surface area contributed by atoms with Gasteiger partial charge in [0.25, 0.3) is 0 Å². The van der Waals surface area contributed by atoms with Crippen LogP contribution in [-0.4, -0.2) is 38.1 Å². The molecule has 0 spiro atoms. The Morgan fingerprint density at radius 1 is 1.42 bits per heavy atom. The molecule has 12 heavy (non-hydrogen) atoms. The maximum atomic E-state index is 3.57. The van der Waals surface area contributed by atoms with Gasteiger partial charge in [0.15, 0.2) is 0 Å². The second-order valence-electron chi connectivity index (χ2n) is 4.09. The van der Waals surface area contributed by atoms with Crippen LogP contribution in [0, 0.1) is 5.92 Å². The molecule has 0 heterocycles.